The highest BCUT2D eigenvalue weighted by Crippen LogP contribution is 2.43. The van der Waals surface area contributed by atoms with Gasteiger partial charge in [0.25, 0.3) is 0 Å². The highest BCUT2D eigenvalue weighted by Gasteiger charge is 2.47. The van der Waals surface area contributed by atoms with Crippen LogP contribution >= 0.6 is 11.6 Å². The van der Waals surface area contributed by atoms with Crippen molar-refractivity contribution in [3.63, 3.8) is 0 Å². The van der Waals surface area contributed by atoms with Gasteiger partial charge in [-0.3, -0.25) is 14.4 Å². The molecular weight excluding hydrogens is 500 g/mol. The fraction of sp³-hybridized carbons (Fsp3) is 0.500. The van der Waals surface area contributed by atoms with Crippen molar-refractivity contribution >= 4 is 35.0 Å². The summed E-state index contributed by atoms with van der Waals surface area (Å²) in [6, 6.07) is 14.8. The molecule has 7 nitrogen and oxygen atoms in total. The van der Waals surface area contributed by atoms with E-state index in [1.165, 1.54) is 0 Å². The minimum atomic E-state index is -0.686. The van der Waals surface area contributed by atoms with E-state index in [2.05, 4.69) is 10.6 Å². The van der Waals surface area contributed by atoms with Crippen molar-refractivity contribution in [2.45, 2.75) is 63.5 Å². The first-order valence-corrected chi connectivity index (χ1v) is 14.1. The van der Waals surface area contributed by atoms with Crippen LogP contribution in [0.5, 0.6) is 0 Å². The van der Waals surface area contributed by atoms with Crippen molar-refractivity contribution in [3.05, 3.63) is 64.7 Å². The molecule has 5 rings (SSSR count). The summed E-state index contributed by atoms with van der Waals surface area (Å²) in [5.41, 5.74) is 2.33. The lowest BCUT2D eigenvalue weighted by molar-refractivity contribution is -0.138. The van der Waals surface area contributed by atoms with E-state index in [4.69, 9.17) is 11.6 Å². The summed E-state index contributed by atoms with van der Waals surface area (Å²) in [6.45, 7) is 6.59. The number of hydrogen-bond donors (Lipinski definition) is 2. The molecule has 3 heterocycles. The van der Waals surface area contributed by atoms with Gasteiger partial charge in [-0.1, -0.05) is 48.0 Å². The summed E-state index contributed by atoms with van der Waals surface area (Å²) in [5.74, 6) is -0.193. The minimum absolute atomic E-state index is 0.0411. The Bertz CT molecular complexity index is 1200. The zero-order valence-corrected chi connectivity index (χ0v) is 23.0. The first-order chi connectivity index (χ1) is 18.3. The van der Waals surface area contributed by atoms with Crippen LogP contribution in [0.2, 0.25) is 5.02 Å². The molecule has 3 aliphatic heterocycles. The number of nitrogens with one attached hydrogen (secondary N) is 2. The third-order valence-corrected chi connectivity index (χ3v) is 8.76. The number of benzene rings is 2. The molecule has 0 saturated carbocycles. The molecule has 202 valence electrons. The summed E-state index contributed by atoms with van der Waals surface area (Å²) in [6.07, 6.45) is 3.50. The minimum Gasteiger partial charge on any atom is -0.344 e. The molecule has 2 N–H and O–H groups in total. The average molecular weight is 537 g/mol. The lowest BCUT2D eigenvalue weighted by Crippen LogP contribution is -2.56. The molecule has 8 heteroatoms. The maximum absolute atomic E-state index is 13.8. The van der Waals surface area contributed by atoms with Crippen LogP contribution < -0.4 is 15.5 Å². The highest BCUT2D eigenvalue weighted by atomic mass is 35.5. The van der Waals surface area contributed by atoms with Gasteiger partial charge in [0, 0.05) is 42.8 Å². The monoisotopic (exact) mass is 536 g/mol. The number of likely N-dealkylation sites (tertiary alicyclic amines) is 1. The van der Waals surface area contributed by atoms with Crippen LogP contribution in [-0.4, -0.2) is 60.9 Å². The Balaban J connectivity index is 1.29. The molecule has 2 fully saturated rings. The molecular formula is C30H37ClN4O3. The van der Waals surface area contributed by atoms with E-state index in [1.54, 1.807) is 0 Å². The molecule has 38 heavy (non-hydrogen) atoms. The molecule has 2 saturated heterocycles. The Hall–Kier alpha value is -2.90. The third-order valence-electron chi connectivity index (χ3n) is 8.40. The number of para-hydroxylation sites is 1. The molecule has 0 spiro atoms. The number of amides is 3. The van der Waals surface area contributed by atoms with E-state index >= 15 is 0 Å². The lowest BCUT2D eigenvalue weighted by atomic mass is 9.86. The summed E-state index contributed by atoms with van der Waals surface area (Å²) in [4.78, 5) is 44.1. The first kappa shape index (κ1) is 26.7. The van der Waals surface area contributed by atoms with Crippen LogP contribution in [-0.2, 0) is 26.2 Å². The van der Waals surface area contributed by atoms with Crippen molar-refractivity contribution in [1.29, 1.82) is 0 Å². The molecule has 0 radical (unpaired) electrons. The van der Waals surface area contributed by atoms with E-state index in [9.17, 15) is 14.4 Å². The number of rotatable bonds is 6. The van der Waals surface area contributed by atoms with Gasteiger partial charge in [-0.25, -0.2) is 0 Å². The van der Waals surface area contributed by atoms with Gasteiger partial charge in [-0.05, 0) is 69.3 Å². The van der Waals surface area contributed by atoms with Gasteiger partial charge in [0.2, 0.25) is 17.7 Å². The van der Waals surface area contributed by atoms with Crippen molar-refractivity contribution in [3.8, 4) is 0 Å². The average Bonchev–Trinajstić information content (AvgIpc) is 3.14. The number of carbonyl (C=O) groups excluding carboxylic acids is 3. The molecule has 0 unspecified atom stereocenters. The third kappa shape index (κ3) is 5.19. The van der Waals surface area contributed by atoms with Gasteiger partial charge in [-0.15, -0.1) is 0 Å². The normalized spacial score (nSPS) is 22.2. The molecule has 2 atom stereocenters. The Morgan fingerprint density at radius 3 is 2.50 bits per heavy atom. The van der Waals surface area contributed by atoms with E-state index in [0.29, 0.717) is 43.9 Å². The van der Waals surface area contributed by atoms with E-state index < -0.39 is 11.5 Å². The second kappa shape index (κ2) is 11.1. The highest BCUT2D eigenvalue weighted by molar-refractivity contribution is 6.31. The van der Waals surface area contributed by atoms with E-state index in [0.717, 1.165) is 36.2 Å². The second-order valence-electron chi connectivity index (χ2n) is 11.3. The Morgan fingerprint density at radius 2 is 1.79 bits per heavy atom. The van der Waals surface area contributed by atoms with Gasteiger partial charge in [-0.2, -0.15) is 0 Å². The SMILES string of the molecule is CC1(C)C(=O)N(C2CCN(C(=O)[C@@H](Cc3ccccc3Cl)NC(=O)[C@H]3CCCNC3)CC2)c2ccccc21. The van der Waals surface area contributed by atoms with Crippen LogP contribution in [0.4, 0.5) is 5.69 Å². The van der Waals surface area contributed by atoms with Crippen molar-refractivity contribution in [2.75, 3.05) is 31.1 Å². The predicted octanol–water partition coefficient (Wildman–Crippen LogP) is 3.68. The topological polar surface area (TPSA) is 81.8 Å². The molecule has 0 aliphatic carbocycles. The van der Waals surface area contributed by atoms with Crippen molar-refractivity contribution < 1.29 is 14.4 Å². The largest absolute Gasteiger partial charge is 0.344 e. The van der Waals surface area contributed by atoms with Crippen LogP contribution in [0.1, 0.15) is 50.7 Å². The van der Waals surface area contributed by atoms with Crippen LogP contribution in [0.25, 0.3) is 0 Å². The van der Waals surface area contributed by atoms with Gasteiger partial charge in [0.1, 0.15) is 6.04 Å². The molecule has 0 aromatic heterocycles. The summed E-state index contributed by atoms with van der Waals surface area (Å²) in [7, 11) is 0. The number of fused-ring (bicyclic) bond motifs is 1. The zero-order chi connectivity index (χ0) is 26.9. The van der Waals surface area contributed by atoms with E-state index in [1.807, 2.05) is 72.2 Å². The lowest BCUT2D eigenvalue weighted by Gasteiger charge is -2.39. The summed E-state index contributed by atoms with van der Waals surface area (Å²) in [5, 5.41) is 6.93. The van der Waals surface area contributed by atoms with Crippen molar-refractivity contribution in [1.82, 2.24) is 15.5 Å². The van der Waals surface area contributed by atoms with Gasteiger partial charge < -0.3 is 20.4 Å². The maximum Gasteiger partial charge on any atom is 0.245 e. The number of halogens is 1. The fourth-order valence-corrected chi connectivity index (χ4v) is 6.33. The van der Waals surface area contributed by atoms with Gasteiger partial charge in [0.15, 0.2) is 0 Å². The number of anilines is 1. The standard InChI is InChI=1S/C30H37ClN4O3/c1-30(2)23-10-4-6-12-26(23)35(29(30)38)22-13-16-34(17-14-22)28(37)25(18-20-8-3-5-11-24(20)31)33-27(36)21-9-7-15-32-19-21/h3-6,8,10-12,21-22,25,32H,7,9,13-19H2,1-2H3,(H,33,36)/t21-,25+/m0/s1. The number of carbonyl (C=O) groups is 3. The molecule has 3 amide bonds. The molecule has 0 bridgehead atoms. The Labute approximate surface area is 229 Å². The number of piperidine rings is 2. The van der Waals surface area contributed by atoms with Gasteiger partial charge in [0.05, 0.1) is 11.3 Å². The quantitative estimate of drug-likeness (QED) is 0.590. The summed E-state index contributed by atoms with van der Waals surface area (Å²) >= 11 is 6.43. The predicted molar refractivity (Wildman–Crippen MR) is 149 cm³/mol. The Morgan fingerprint density at radius 1 is 1.08 bits per heavy atom. The zero-order valence-electron chi connectivity index (χ0n) is 22.2. The first-order valence-electron chi connectivity index (χ1n) is 13.7. The maximum atomic E-state index is 13.8. The summed E-state index contributed by atoms with van der Waals surface area (Å²) < 4.78 is 0. The van der Waals surface area contributed by atoms with Crippen LogP contribution in [0.3, 0.4) is 0 Å². The number of nitrogens with zero attached hydrogens (tertiary/aromatic N) is 2. The van der Waals surface area contributed by atoms with E-state index in [-0.39, 0.29) is 29.7 Å². The Kier molecular flexibility index (Phi) is 7.78. The molecule has 3 aliphatic rings. The smallest absolute Gasteiger partial charge is 0.245 e. The van der Waals surface area contributed by atoms with Crippen molar-refractivity contribution in [2.24, 2.45) is 5.92 Å². The second-order valence-corrected chi connectivity index (χ2v) is 11.7. The molecule has 2 aromatic carbocycles. The van der Waals surface area contributed by atoms with Gasteiger partial charge >= 0.3 is 0 Å². The number of hydrogen-bond acceptors (Lipinski definition) is 4. The van der Waals surface area contributed by atoms with Crippen LogP contribution in [0, 0.1) is 5.92 Å². The molecule has 2 aromatic rings. The fourth-order valence-electron chi connectivity index (χ4n) is 6.11. The van der Waals surface area contributed by atoms with Crippen LogP contribution in [0.15, 0.2) is 48.5 Å².